The normalized spacial score (nSPS) is 21.8. The summed E-state index contributed by atoms with van der Waals surface area (Å²) < 4.78 is 1.26. The van der Waals surface area contributed by atoms with Crippen LogP contribution >= 0.6 is 11.6 Å². The molecule has 0 aliphatic carbocycles. The van der Waals surface area contributed by atoms with Crippen LogP contribution in [0.5, 0.6) is 0 Å². The molecule has 3 aromatic rings. The number of fused-ring (bicyclic) bond motifs is 3. The summed E-state index contributed by atoms with van der Waals surface area (Å²) in [6, 6.07) is 8.76. The zero-order chi connectivity index (χ0) is 17.8. The third kappa shape index (κ3) is 2.20. The Morgan fingerprint density at radius 2 is 1.92 bits per heavy atom. The fraction of sp³-hybridized carbons (Fsp3) is 0.333. The third-order valence-electron chi connectivity index (χ3n) is 5.36. The second-order valence-electron chi connectivity index (χ2n) is 6.84. The Morgan fingerprint density at radius 1 is 1.15 bits per heavy atom. The van der Waals surface area contributed by atoms with Crippen molar-refractivity contribution in [1.29, 1.82) is 0 Å². The quantitative estimate of drug-likeness (QED) is 0.687. The van der Waals surface area contributed by atoms with Crippen LogP contribution in [0, 0.1) is 0 Å². The van der Waals surface area contributed by atoms with Gasteiger partial charge in [-0.25, -0.2) is 14.6 Å². The number of halogens is 1. The van der Waals surface area contributed by atoms with Gasteiger partial charge in [0.1, 0.15) is 17.2 Å². The molecule has 2 unspecified atom stereocenters. The highest BCUT2D eigenvalue weighted by molar-refractivity contribution is 6.33. The fourth-order valence-electron chi connectivity index (χ4n) is 4.07. The maximum absolute atomic E-state index is 12.1. The highest BCUT2D eigenvalue weighted by atomic mass is 35.5. The second kappa shape index (κ2) is 5.67. The van der Waals surface area contributed by atoms with Crippen molar-refractivity contribution in [3.8, 4) is 0 Å². The molecule has 2 aromatic heterocycles. The smallest absolute Gasteiger partial charge is 0.287 e. The van der Waals surface area contributed by atoms with Crippen LogP contribution in [0.1, 0.15) is 6.42 Å². The maximum Gasteiger partial charge on any atom is 0.287 e. The van der Waals surface area contributed by atoms with Crippen LogP contribution in [0.2, 0.25) is 5.02 Å². The van der Waals surface area contributed by atoms with E-state index in [9.17, 15) is 4.79 Å². The van der Waals surface area contributed by atoms with Crippen LogP contribution in [-0.2, 0) is 7.05 Å². The minimum atomic E-state index is -0.262. The second-order valence-corrected chi connectivity index (χ2v) is 7.22. The molecule has 3 aliphatic heterocycles. The van der Waals surface area contributed by atoms with Crippen molar-refractivity contribution in [2.24, 2.45) is 7.05 Å². The van der Waals surface area contributed by atoms with Gasteiger partial charge in [0.05, 0.1) is 29.5 Å². The number of hydrogen-bond donors (Lipinski definition) is 0. The van der Waals surface area contributed by atoms with Crippen molar-refractivity contribution in [3.63, 3.8) is 0 Å². The van der Waals surface area contributed by atoms with Crippen LogP contribution in [0.3, 0.4) is 0 Å². The molecule has 0 N–H and O–H groups in total. The summed E-state index contributed by atoms with van der Waals surface area (Å²) >= 11 is 6.28. The molecule has 1 aromatic carbocycles. The number of rotatable bonds is 2. The molecule has 8 heteroatoms. The SMILES string of the molecule is Cn1ncc(N2CC3CC(C2)N3c2ncnc3ccccc23)c(Cl)c1=O. The molecule has 3 aliphatic rings. The molecule has 2 bridgehead atoms. The molecule has 0 amide bonds. The summed E-state index contributed by atoms with van der Waals surface area (Å²) in [6.45, 7) is 1.59. The summed E-state index contributed by atoms with van der Waals surface area (Å²) in [5.41, 5.74) is 1.41. The molecule has 0 spiro atoms. The highest BCUT2D eigenvalue weighted by Crippen LogP contribution is 2.40. The third-order valence-corrected chi connectivity index (χ3v) is 5.72. The van der Waals surface area contributed by atoms with Crippen LogP contribution < -0.4 is 15.4 Å². The number of para-hydroxylation sites is 1. The summed E-state index contributed by atoms with van der Waals surface area (Å²) in [4.78, 5) is 25.5. The number of piperazine rings is 1. The molecule has 2 atom stereocenters. The first-order valence-corrected chi connectivity index (χ1v) is 8.96. The van der Waals surface area contributed by atoms with Crippen molar-refractivity contribution >= 4 is 34.0 Å². The van der Waals surface area contributed by atoms with Crippen molar-refractivity contribution in [1.82, 2.24) is 19.7 Å². The minimum absolute atomic E-state index is 0.239. The van der Waals surface area contributed by atoms with Gasteiger partial charge in [-0.1, -0.05) is 23.7 Å². The van der Waals surface area contributed by atoms with Gasteiger partial charge in [0.2, 0.25) is 0 Å². The van der Waals surface area contributed by atoms with E-state index in [1.54, 1.807) is 19.6 Å². The van der Waals surface area contributed by atoms with E-state index in [2.05, 4.69) is 30.9 Å². The van der Waals surface area contributed by atoms with Crippen LogP contribution in [0.4, 0.5) is 11.5 Å². The number of hydrogen-bond acceptors (Lipinski definition) is 6. The number of anilines is 2. The van der Waals surface area contributed by atoms with Gasteiger partial charge in [-0.15, -0.1) is 0 Å². The van der Waals surface area contributed by atoms with E-state index >= 15 is 0 Å². The molecule has 7 nitrogen and oxygen atoms in total. The monoisotopic (exact) mass is 368 g/mol. The Hall–Kier alpha value is -2.67. The lowest BCUT2D eigenvalue weighted by molar-refractivity contribution is 0.289. The van der Waals surface area contributed by atoms with Crippen LogP contribution in [0.25, 0.3) is 10.9 Å². The van der Waals surface area contributed by atoms with Gasteiger partial charge in [-0.3, -0.25) is 4.79 Å². The van der Waals surface area contributed by atoms with Crippen LogP contribution in [-0.4, -0.2) is 44.9 Å². The summed E-state index contributed by atoms with van der Waals surface area (Å²) in [5, 5.41) is 5.43. The number of aromatic nitrogens is 4. The molecule has 0 radical (unpaired) electrons. The van der Waals surface area contributed by atoms with Gasteiger partial charge < -0.3 is 9.80 Å². The van der Waals surface area contributed by atoms with Crippen LogP contribution in [0.15, 0.2) is 41.6 Å². The van der Waals surface area contributed by atoms with E-state index < -0.39 is 0 Å². The van der Waals surface area contributed by atoms with Gasteiger partial charge >= 0.3 is 0 Å². The maximum atomic E-state index is 12.1. The van der Waals surface area contributed by atoms with E-state index in [1.807, 2.05) is 18.2 Å². The number of benzene rings is 1. The van der Waals surface area contributed by atoms with Crippen molar-refractivity contribution < 1.29 is 0 Å². The Labute approximate surface area is 154 Å². The molecule has 0 saturated carbocycles. The molecular weight excluding hydrogens is 352 g/mol. The average Bonchev–Trinajstić information content (AvgIpc) is 2.66. The first kappa shape index (κ1) is 15.6. The molecular formula is C18H17ClN6O. The van der Waals surface area contributed by atoms with E-state index in [0.29, 0.717) is 12.1 Å². The zero-order valence-electron chi connectivity index (χ0n) is 14.2. The first-order valence-electron chi connectivity index (χ1n) is 8.58. The average molecular weight is 369 g/mol. The fourth-order valence-corrected chi connectivity index (χ4v) is 4.36. The Balaban J connectivity index is 1.46. The topological polar surface area (TPSA) is 67.2 Å². The van der Waals surface area contributed by atoms with Gasteiger partial charge in [0.15, 0.2) is 0 Å². The van der Waals surface area contributed by atoms with Gasteiger partial charge in [-0.05, 0) is 18.6 Å². The Morgan fingerprint density at radius 3 is 2.73 bits per heavy atom. The lowest BCUT2D eigenvalue weighted by Crippen LogP contribution is -2.69. The van der Waals surface area contributed by atoms with Crippen molar-refractivity contribution in [2.75, 3.05) is 22.9 Å². The van der Waals surface area contributed by atoms with E-state index in [0.717, 1.165) is 41.9 Å². The zero-order valence-corrected chi connectivity index (χ0v) is 15.0. The molecule has 6 rings (SSSR count). The standard InChI is InChI=1S/C18H17ClN6O/c1-23-18(26)16(19)15(7-22-23)24-8-11-6-12(9-24)25(11)17-13-4-2-3-5-14(13)20-10-21-17/h2-5,7,10-12H,6,8-9H2,1H3. The van der Waals surface area contributed by atoms with E-state index in [4.69, 9.17) is 11.6 Å². The first-order chi connectivity index (χ1) is 12.6. The predicted octanol–water partition coefficient (Wildman–Crippen LogP) is 1.84. The predicted molar refractivity (Wildman–Crippen MR) is 101 cm³/mol. The van der Waals surface area contributed by atoms with Gasteiger partial charge in [0, 0.05) is 25.5 Å². The van der Waals surface area contributed by atoms with E-state index in [1.165, 1.54) is 4.68 Å². The summed E-state index contributed by atoms with van der Waals surface area (Å²) in [6.07, 6.45) is 4.43. The van der Waals surface area contributed by atoms with E-state index in [-0.39, 0.29) is 10.6 Å². The minimum Gasteiger partial charge on any atom is -0.365 e. The molecule has 132 valence electrons. The number of aryl methyl sites for hydroxylation is 1. The summed E-state index contributed by atoms with van der Waals surface area (Å²) in [5.74, 6) is 0.990. The summed E-state index contributed by atoms with van der Waals surface area (Å²) in [7, 11) is 1.60. The molecule has 5 heterocycles. The van der Waals surface area contributed by atoms with Gasteiger partial charge in [0.25, 0.3) is 5.56 Å². The van der Waals surface area contributed by atoms with Crippen molar-refractivity contribution in [2.45, 2.75) is 18.5 Å². The highest BCUT2D eigenvalue weighted by Gasteiger charge is 2.46. The lowest BCUT2D eigenvalue weighted by Gasteiger charge is -2.57. The number of piperidine rings is 1. The Bertz CT molecular complexity index is 1050. The molecule has 3 saturated heterocycles. The van der Waals surface area contributed by atoms with Gasteiger partial charge in [-0.2, -0.15) is 5.10 Å². The molecule has 3 fully saturated rings. The largest absolute Gasteiger partial charge is 0.365 e. The Kier molecular flexibility index (Phi) is 3.40. The number of nitrogens with zero attached hydrogens (tertiary/aromatic N) is 6. The molecule has 26 heavy (non-hydrogen) atoms. The van der Waals surface area contributed by atoms with Crippen molar-refractivity contribution in [3.05, 3.63) is 52.2 Å². The lowest BCUT2D eigenvalue weighted by atomic mass is 9.86.